The fraction of sp³-hybridized carbons (Fsp3) is 0.222. The normalized spacial score (nSPS) is 11.6. The van der Waals surface area contributed by atoms with Crippen molar-refractivity contribution in [3.63, 3.8) is 0 Å². The molecule has 2 aromatic carbocycles. The molecule has 0 aliphatic carbocycles. The highest BCUT2D eigenvalue weighted by Gasteiger charge is 2.12. The van der Waals surface area contributed by atoms with E-state index in [0.29, 0.717) is 16.3 Å². The van der Waals surface area contributed by atoms with Crippen LogP contribution in [0.1, 0.15) is 24.1 Å². The van der Waals surface area contributed by atoms with E-state index in [4.69, 9.17) is 21.4 Å². The fourth-order valence-electron chi connectivity index (χ4n) is 2.21. The Morgan fingerprint density at radius 3 is 2.46 bits per heavy atom. The van der Waals surface area contributed by atoms with Crippen LogP contribution in [0, 0.1) is 0 Å². The van der Waals surface area contributed by atoms with Crippen molar-refractivity contribution < 1.29 is 19.4 Å². The van der Waals surface area contributed by atoms with E-state index in [9.17, 15) is 9.59 Å². The van der Waals surface area contributed by atoms with Gasteiger partial charge in [-0.05, 0) is 36.2 Å². The number of carbonyl (C=O) groups is 2. The van der Waals surface area contributed by atoms with E-state index in [1.165, 1.54) is 0 Å². The highest BCUT2D eigenvalue weighted by Crippen LogP contribution is 2.22. The Bertz CT molecular complexity index is 715. The van der Waals surface area contributed by atoms with Crippen molar-refractivity contribution >= 4 is 23.5 Å². The minimum atomic E-state index is -0.892. The number of aliphatic carboxylic acids is 1. The third-order valence-electron chi connectivity index (χ3n) is 3.40. The Morgan fingerprint density at radius 1 is 1.17 bits per heavy atom. The third kappa shape index (κ3) is 5.28. The maximum atomic E-state index is 12.0. The quantitative estimate of drug-likeness (QED) is 0.806. The number of carboxylic acid groups (broad SMARTS) is 1. The van der Waals surface area contributed by atoms with Crippen LogP contribution in [0.15, 0.2) is 48.5 Å². The van der Waals surface area contributed by atoms with Crippen molar-refractivity contribution in [1.82, 2.24) is 5.32 Å². The zero-order chi connectivity index (χ0) is 17.5. The number of benzene rings is 2. The number of carbonyl (C=O) groups excluding carboxylic acids is 1. The summed E-state index contributed by atoms with van der Waals surface area (Å²) in [5, 5.41) is 12.1. The van der Waals surface area contributed by atoms with Gasteiger partial charge >= 0.3 is 5.97 Å². The third-order valence-corrected chi connectivity index (χ3v) is 3.74. The van der Waals surface area contributed by atoms with E-state index in [-0.39, 0.29) is 25.0 Å². The Labute approximate surface area is 145 Å². The molecule has 0 aromatic heterocycles. The van der Waals surface area contributed by atoms with E-state index >= 15 is 0 Å². The molecule has 0 spiro atoms. The number of hydrogen-bond acceptors (Lipinski definition) is 3. The van der Waals surface area contributed by atoms with Gasteiger partial charge in [-0.1, -0.05) is 41.9 Å². The summed E-state index contributed by atoms with van der Waals surface area (Å²) in [6.07, 6.45) is -0.0455. The number of carboxylic acids is 1. The van der Waals surface area contributed by atoms with Crippen molar-refractivity contribution in [2.45, 2.75) is 19.4 Å². The molecule has 6 heteroatoms. The molecule has 0 radical (unpaired) electrons. The van der Waals surface area contributed by atoms with Crippen LogP contribution in [0.5, 0.6) is 5.75 Å². The van der Waals surface area contributed by atoms with Crippen molar-refractivity contribution in [2.24, 2.45) is 0 Å². The van der Waals surface area contributed by atoms with Crippen LogP contribution >= 0.6 is 11.6 Å². The van der Waals surface area contributed by atoms with E-state index in [0.717, 1.165) is 5.56 Å². The molecule has 2 N–H and O–H groups in total. The maximum absolute atomic E-state index is 12.0. The van der Waals surface area contributed by atoms with Gasteiger partial charge in [-0.3, -0.25) is 9.59 Å². The number of hydrogen-bond donors (Lipinski definition) is 2. The van der Waals surface area contributed by atoms with Crippen molar-refractivity contribution in [2.75, 3.05) is 6.61 Å². The monoisotopic (exact) mass is 347 g/mol. The van der Waals surface area contributed by atoms with Crippen LogP contribution in [-0.4, -0.2) is 23.6 Å². The zero-order valence-corrected chi connectivity index (χ0v) is 13.9. The summed E-state index contributed by atoms with van der Waals surface area (Å²) in [7, 11) is 0. The van der Waals surface area contributed by atoms with Gasteiger partial charge in [0.05, 0.1) is 12.5 Å². The molecule has 0 saturated carbocycles. The molecule has 0 aliphatic rings. The van der Waals surface area contributed by atoms with Gasteiger partial charge in [0, 0.05) is 5.02 Å². The topological polar surface area (TPSA) is 75.6 Å². The molecule has 0 bridgehead atoms. The maximum Gasteiger partial charge on any atom is 0.307 e. The van der Waals surface area contributed by atoms with E-state index in [2.05, 4.69) is 5.32 Å². The molecule has 24 heavy (non-hydrogen) atoms. The first-order chi connectivity index (χ1) is 11.5. The van der Waals surface area contributed by atoms with Crippen LogP contribution in [0.3, 0.4) is 0 Å². The molecule has 0 fully saturated rings. The van der Waals surface area contributed by atoms with E-state index in [1.807, 2.05) is 25.1 Å². The van der Waals surface area contributed by atoms with Gasteiger partial charge in [0.25, 0.3) is 5.91 Å². The Hall–Kier alpha value is -2.53. The average Bonchev–Trinajstić information content (AvgIpc) is 2.54. The van der Waals surface area contributed by atoms with Gasteiger partial charge in [0.1, 0.15) is 5.75 Å². The molecule has 2 rings (SSSR count). The van der Waals surface area contributed by atoms with E-state index in [1.54, 1.807) is 30.3 Å². The Balaban J connectivity index is 1.84. The Kier molecular flexibility index (Phi) is 6.21. The second-order valence-corrected chi connectivity index (χ2v) is 5.72. The molecule has 1 amide bonds. The summed E-state index contributed by atoms with van der Waals surface area (Å²) in [5.74, 6) is -0.654. The van der Waals surface area contributed by atoms with Gasteiger partial charge in [0.15, 0.2) is 6.61 Å². The van der Waals surface area contributed by atoms with Crippen LogP contribution in [0.4, 0.5) is 0 Å². The largest absolute Gasteiger partial charge is 0.484 e. The van der Waals surface area contributed by atoms with E-state index < -0.39 is 5.97 Å². The number of halogens is 1. The van der Waals surface area contributed by atoms with Crippen molar-refractivity contribution in [1.29, 1.82) is 0 Å². The lowest BCUT2D eigenvalue weighted by molar-refractivity contribution is -0.136. The minimum absolute atomic E-state index is 0.0455. The minimum Gasteiger partial charge on any atom is -0.484 e. The first kappa shape index (κ1) is 17.8. The standard InChI is InChI=1S/C18H18ClNO4/c1-12(15-4-2-3-5-16(15)19)20-17(21)11-24-14-8-6-13(7-9-14)10-18(22)23/h2-9,12H,10-11H2,1H3,(H,20,21)(H,22,23)/t12-/m1/s1. The molecule has 0 unspecified atom stereocenters. The molecule has 126 valence electrons. The molecule has 0 aliphatic heterocycles. The van der Waals surface area contributed by atoms with Gasteiger partial charge < -0.3 is 15.2 Å². The zero-order valence-electron chi connectivity index (χ0n) is 13.2. The smallest absolute Gasteiger partial charge is 0.307 e. The first-order valence-corrected chi connectivity index (χ1v) is 7.81. The van der Waals surface area contributed by atoms with Crippen molar-refractivity contribution in [3.05, 3.63) is 64.7 Å². The SMILES string of the molecule is C[C@@H](NC(=O)COc1ccc(CC(=O)O)cc1)c1ccccc1Cl. The summed E-state index contributed by atoms with van der Waals surface area (Å²) in [6, 6.07) is 13.7. The Morgan fingerprint density at radius 2 is 1.83 bits per heavy atom. The second-order valence-electron chi connectivity index (χ2n) is 5.31. The average molecular weight is 348 g/mol. The molecule has 0 heterocycles. The summed E-state index contributed by atoms with van der Waals surface area (Å²) in [4.78, 5) is 22.6. The predicted octanol–water partition coefficient (Wildman–Crippen LogP) is 3.22. The van der Waals surface area contributed by atoms with Crippen LogP contribution in [-0.2, 0) is 16.0 Å². The summed E-state index contributed by atoms with van der Waals surface area (Å²) >= 11 is 6.10. The lowest BCUT2D eigenvalue weighted by Crippen LogP contribution is -2.31. The number of rotatable bonds is 7. The van der Waals surface area contributed by atoms with Crippen molar-refractivity contribution in [3.8, 4) is 5.75 Å². The van der Waals surface area contributed by atoms with Gasteiger partial charge in [0.2, 0.25) is 0 Å². The molecule has 2 aromatic rings. The predicted molar refractivity (Wildman–Crippen MR) is 91.3 cm³/mol. The molecule has 5 nitrogen and oxygen atoms in total. The molecule has 0 saturated heterocycles. The summed E-state index contributed by atoms with van der Waals surface area (Å²) in [6.45, 7) is 1.72. The van der Waals surface area contributed by atoms with Crippen LogP contribution in [0.2, 0.25) is 5.02 Å². The number of ether oxygens (including phenoxy) is 1. The lowest BCUT2D eigenvalue weighted by Gasteiger charge is -2.16. The van der Waals surface area contributed by atoms with Crippen LogP contribution in [0.25, 0.3) is 0 Å². The summed E-state index contributed by atoms with van der Waals surface area (Å²) < 4.78 is 5.40. The van der Waals surface area contributed by atoms with Gasteiger partial charge in [-0.2, -0.15) is 0 Å². The molecular formula is C18H18ClNO4. The van der Waals surface area contributed by atoms with Crippen LogP contribution < -0.4 is 10.1 Å². The second kappa shape index (κ2) is 8.36. The van der Waals surface area contributed by atoms with Gasteiger partial charge in [-0.15, -0.1) is 0 Å². The lowest BCUT2D eigenvalue weighted by atomic mass is 10.1. The highest BCUT2D eigenvalue weighted by molar-refractivity contribution is 6.31. The summed E-state index contributed by atoms with van der Waals surface area (Å²) in [5.41, 5.74) is 1.51. The fourth-order valence-corrected chi connectivity index (χ4v) is 2.51. The number of nitrogens with one attached hydrogen (secondary N) is 1. The number of amides is 1. The van der Waals surface area contributed by atoms with Gasteiger partial charge in [-0.25, -0.2) is 0 Å². The molecule has 1 atom stereocenters. The highest BCUT2D eigenvalue weighted by atomic mass is 35.5. The first-order valence-electron chi connectivity index (χ1n) is 7.43. The molecular weight excluding hydrogens is 330 g/mol.